The zero-order valence-electron chi connectivity index (χ0n) is 18.0. The summed E-state index contributed by atoms with van der Waals surface area (Å²) in [5.41, 5.74) is 4.78. The number of nitrogens with zero attached hydrogens (tertiary/aromatic N) is 4. The summed E-state index contributed by atoms with van der Waals surface area (Å²) in [7, 11) is 4.17. The Morgan fingerprint density at radius 3 is 2.57 bits per heavy atom. The first-order valence-electron chi connectivity index (χ1n) is 10.3. The molecule has 5 heteroatoms. The number of pyridine rings is 1. The minimum atomic E-state index is 0.447. The minimum absolute atomic E-state index is 0.447. The lowest BCUT2D eigenvalue weighted by molar-refractivity contribution is 0.222. The van der Waals surface area contributed by atoms with Crippen LogP contribution < -0.4 is 4.74 Å². The smallest absolute Gasteiger partial charge is 0.163 e. The van der Waals surface area contributed by atoms with Crippen molar-refractivity contribution < 1.29 is 4.74 Å². The van der Waals surface area contributed by atoms with Gasteiger partial charge in [0.15, 0.2) is 5.65 Å². The summed E-state index contributed by atoms with van der Waals surface area (Å²) >= 11 is 0. The van der Waals surface area contributed by atoms with Crippen LogP contribution in [0, 0.1) is 12.8 Å². The molecule has 1 unspecified atom stereocenters. The second kappa shape index (κ2) is 8.67. The molecule has 0 fully saturated rings. The first-order chi connectivity index (χ1) is 14.5. The Hall–Kier alpha value is -3.18. The molecule has 2 heterocycles. The maximum absolute atomic E-state index is 6.07. The summed E-state index contributed by atoms with van der Waals surface area (Å²) in [5.74, 6) is 1.29. The Morgan fingerprint density at radius 2 is 1.80 bits per heavy atom. The van der Waals surface area contributed by atoms with Crippen molar-refractivity contribution in [2.45, 2.75) is 13.8 Å². The lowest BCUT2D eigenvalue weighted by atomic mass is 10.1. The fourth-order valence-corrected chi connectivity index (χ4v) is 3.70. The lowest BCUT2D eigenvalue weighted by Gasteiger charge is -2.17. The molecule has 0 aliphatic heterocycles. The first-order valence-corrected chi connectivity index (χ1v) is 10.3. The molecule has 4 rings (SSSR count). The largest absolute Gasteiger partial charge is 0.493 e. The zero-order chi connectivity index (χ0) is 21.1. The molecule has 2 aromatic heterocycles. The standard InChI is InChI=1S/C25H28N4O/c1-18(16-28(3)4)17-30-22-12-8-11-21(15-22)29-25-23(14-13-19(2)26-25)24(27-29)20-9-6-5-7-10-20/h5-15,18H,16-17H2,1-4H3. The van der Waals surface area contributed by atoms with Gasteiger partial charge in [-0.05, 0) is 45.3 Å². The zero-order valence-corrected chi connectivity index (χ0v) is 18.0. The van der Waals surface area contributed by atoms with E-state index in [4.69, 9.17) is 14.8 Å². The monoisotopic (exact) mass is 400 g/mol. The molecule has 0 N–H and O–H groups in total. The molecule has 2 aromatic carbocycles. The van der Waals surface area contributed by atoms with Crippen LogP contribution in [0.25, 0.3) is 28.0 Å². The van der Waals surface area contributed by atoms with Gasteiger partial charge in [0.05, 0.1) is 12.3 Å². The minimum Gasteiger partial charge on any atom is -0.493 e. The molecule has 0 saturated carbocycles. The van der Waals surface area contributed by atoms with Crippen LogP contribution in [0.1, 0.15) is 12.6 Å². The summed E-state index contributed by atoms with van der Waals surface area (Å²) in [5, 5.41) is 5.98. The van der Waals surface area contributed by atoms with E-state index in [0.29, 0.717) is 12.5 Å². The van der Waals surface area contributed by atoms with E-state index in [0.717, 1.165) is 46.0 Å². The van der Waals surface area contributed by atoms with Crippen LogP contribution in [0.5, 0.6) is 5.75 Å². The quantitative estimate of drug-likeness (QED) is 0.439. The van der Waals surface area contributed by atoms with Crippen molar-refractivity contribution in [3.8, 4) is 22.7 Å². The van der Waals surface area contributed by atoms with Crippen molar-refractivity contribution >= 4 is 11.0 Å². The van der Waals surface area contributed by atoms with Gasteiger partial charge >= 0.3 is 0 Å². The van der Waals surface area contributed by atoms with Gasteiger partial charge in [-0.2, -0.15) is 5.10 Å². The summed E-state index contributed by atoms with van der Waals surface area (Å²) in [6, 6.07) is 22.5. The predicted octanol–water partition coefficient (Wildman–Crippen LogP) is 4.97. The van der Waals surface area contributed by atoms with Crippen molar-refractivity contribution in [1.82, 2.24) is 19.7 Å². The van der Waals surface area contributed by atoms with Crippen LogP contribution in [-0.4, -0.2) is 46.9 Å². The second-order valence-electron chi connectivity index (χ2n) is 8.13. The highest BCUT2D eigenvalue weighted by Gasteiger charge is 2.15. The van der Waals surface area contributed by atoms with Gasteiger partial charge in [0.1, 0.15) is 11.4 Å². The maximum atomic E-state index is 6.07. The Labute approximate surface area is 177 Å². The van der Waals surface area contributed by atoms with Crippen LogP contribution in [0.3, 0.4) is 0 Å². The number of hydrogen-bond acceptors (Lipinski definition) is 4. The van der Waals surface area contributed by atoms with Gasteiger partial charge in [-0.25, -0.2) is 9.67 Å². The highest BCUT2D eigenvalue weighted by molar-refractivity contribution is 5.92. The van der Waals surface area contributed by atoms with E-state index in [2.05, 4.69) is 44.1 Å². The van der Waals surface area contributed by atoms with Crippen molar-refractivity contribution in [2.75, 3.05) is 27.2 Å². The van der Waals surface area contributed by atoms with Crippen LogP contribution in [0.2, 0.25) is 0 Å². The molecule has 0 aliphatic carbocycles. The SMILES string of the molecule is Cc1ccc2c(-c3ccccc3)nn(-c3cccc(OCC(C)CN(C)C)c3)c2n1. The van der Waals surface area contributed by atoms with E-state index < -0.39 is 0 Å². The third-order valence-corrected chi connectivity index (χ3v) is 4.99. The Bertz CT molecular complexity index is 1130. The maximum Gasteiger partial charge on any atom is 0.163 e. The van der Waals surface area contributed by atoms with Gasteiger partial charge < -0.3 is 9.64 Å². The number of benzene rings is 2. The summed E-state index contributed by atoms with van der Waals surface area (Å²) in [6.45, 7) is 5.87. The highest BCUT2D eigenvalue weighted by Crippen LogP contribution is 2.30. The highest BCUT2D eigenvalue weighted by atomic mass is 16.5. The molecule has 5 nitrogen and oxygen atoms in total. The topological polar surface area (TPSA) is 43.2 Å². The molecular weight excluding hydrogens is 372 g/mol. The van der Waals surface area contributed by atoms with Crippen LogP contribution in [0.15, 0.2) is 66.7 Å². The van der Waals surface area contributed by atoms with Gasteiger partial charge in [0.25, 0.3) is 0 Å². The molecule has 154 valence electrons. The average molecular weight is 401 g/mol. The van der Waals surface area contributed by atoms with Gasteiger partial charge in [0, 0.05) is 35.2 Å². The van der Waals surface area contributed by atoms with Crippen LogP contribution in [-0.2, 0) is 0 Å². The Balaban J connectivity index is 1.70. The molecule has 0 radical (unpaired) electrons. The molecule has 0 saturated heterocycles. The second-order valence-corrected chi connectivity index (χ2v) is 8.13. The fourth-order valence-electron chi connectivity index (χ4n) is 3.70. The third-order valence-electron chi connectivity index (χ3n) is 4.99. The van der Waals surface area contributed by atoms with Crippen LogP contribution in [0.4, 0.5) is 0 Å². The fraction of sp³-hybridized carbons (Fsp3) is 0.280. The van der Waals surface area contributed by atoms with Gasteiger partial charge in [-0.1, -0.05) is 43.3 Å². The lowest BCUT2D eigenvalue weighted by Crippen LogP contribution is -2.24. The average Bonchev–Trinajstić information content (AvgIpc) is 3.11. The van der Waals surface area contributed by atoms with Gasteiger partial charge in [-0.3, -0.25) is 0 Å². The number of ether oxygens (including phenoxy) is 1. The number of aryl methyl sites for hydroxylation is 1. The van der Waals surface area contributed by atoms with Crippen LogP contribution >= 0.6 is 0 Å². The van der Waals surface area contributed by atoms with E-state index in [9.17, 15) is 0 Å². The Morgan fingerprint density at radius 1 is 1.00 bits per heavy atom. The first kappa shape index (κ1) is 20.1. The summed E-state index contributed by atoms with van der Waals surface area (Å²) in [4.78, 5) is 6.97. The Kier molecular flexibility index (Phi) is 5.81. The van der Waals surface area contributed by atoms with E-state index in [1.54, 1.807) is 0 Å². The summed E-state index contributed by atoms with van der Waals surface area (Å²) in [6.07, 6.45) is 0. The molecule has 0 amide bonds. The van der Waals surface area contributed by atoms with Gasteiger partial charge in [-0.15, -0.1) is 0 Å². The molecule has 4 aromatic rings. The molecule has 0 spiro atoms. The normalized spacial score (nSPS) is 12.4. The number of hydrogen-bond donors (Lipinski definition) is 0. The number of fused-ring (bicyclic) bond motifs is 1. The van der Waals surface area contributed by atoms with Crippen molar-refractivity contribution in [2.24, 2.45) is 5.92 Å². The number of rotatable bonds is 7. The third kappa shape index (κ3) is 4.36. The molecule has 0 bridgehead atoms. The predicted molar refractivity (Wildman–Crippen MR) is 122 cm³/mol. The number of aromatic nitrogens is 3. The van der Waals surface area contributed by atoms with E-state index in [-0.39, 0.29) is 0 Å². The van der Waals surface area contributed by atoms with Gasteiger partial charge in [0.2, 0.25) is 0 Å². The van der Waals surface area contributed by atoms with Crippen molar-refractivity contribution in [3.63, 3.8) is 0 Å². The van der Waals surface area contributed by atoms with Crippen molar-refractivity contribution in [1.29, 1.82) is 0 Å². The van der Waals surface area contributed by atoms with E-state index in [1.807, 2.05) is 60.1 Å². The van der Waals surface area contributed by atoms with E-state index >= 15 is 0 Å². The molecule has 0 aliphatic rings. The van der Waals surface area contributed by atoms with Crippen molar-refractivity contribution in [3.05, 3.63) is 72.4 Å². The summed E-state index contributed by atoms with van der Waals surface area (Å²) < 4.78 is 7.99. The molecule has 1 atom stereocenters. The molecule has 30 heavy (non-hydrogen) atoms. The molecular formula is C25H28N4O. The van der Waals surface area contributed by atoms with E-state index in [1.165, 1.54) is 0 Å².